The molecule has 0 bridgehead atoms. The van der Waals surface area contributed by atoms with Crippen LogP contribution < -0.4 is 10.4 Å². The molecule has 1 aromatic carbocycles. The first-order chi connectivity index (χ1) is 9.69. The second-order valence-corrected chi connectivity index (χ2v) is 4.78. The summed E-state index contributed by atoms with van der Waals surface area (Å²) in [7, 11) is 1.58. The third kappa shape index (κ3) is 2.05. The zero-order chi connectivity index (χ0) is 14.1. The first-order valence-corrected chi connectivity index (χ1v) is 6.43. The van der Waals surface area contributed by atoms with Crippen LogP contribution in [0.1, 0.15) is 17.5 Å². The number of hydrogen-bond acceptors (Lipinski definition) is 4. The molecule has 0 fully saturated rings. The molecule has 0 N–H and O–H groups in total. The van der Waals surface area contributed by atoms with Gasteiger partial charge >= 0.3 is 5.69 Å². The van der Waals surface area contributed by atoms with E-state index in [2.05, 4.69) is 11.1 Å². The lowest BCUT2D eigenvalue weighted by Crippen LogP contribution is -2.21. The fourth-order valence-corrected chi connectivity index (χ4v) is 2.35. The van der Waals surface area contributed by atoms with Crippen LogP contribution in [0.3, 0.4) is 0 Å². The summed E-state index contributed by atoms with van der Waals surface area (Å²) in [6.45, 7) is 0.736. The summed E-state index contributed by atoms with van der Waals surface area (Å²) in [6, 6.07) is 7.76. The smallest absolute Gasteiger partial charge is 0.347 e. The number of benzene rings is 1. The van der Waals surface area contributed by atoms with Gasteiger partial charge in [-0.15, -0.1) is 0 Å². The van der Waals surface area contributed by atoms with E-state index in [1.165, 1.54) is 10.8 Å². The van der Waals surface area contributed by atoms with E-state index in [1.807, 2.05) is 18.2 Å². The molecule has 3 rings (SSSR count). The van der Waals surface area contributed by atoms with E-state index < -0.39 is 0 Å². The van der Waals surface area contributed by atoms with E-state index in [0.29, 0.717) is 11.3 Å². The summed E-state index contributed by atoms with van der Waals surface area (Å²) >= 11 is 0. The molecule has 100 valence electrons. The Hall–Kier alpha value is -2.61. The van der Waals surface area contributed by atoms with Crippen molar-refractivity contribution in [3.63, 3.8) is 0 Å². The highest BCUT2D eigenvalue weighted by molar-refractivity contribution is 5.67. The molecule has 1 aliphatic heterocycles. The number of ether oxygens (including phenoxy) is 1. The van der Waals surface area contributed by atoms with Crippen LogP contribution in [0.4, 0.5) is 0 Å². The minimum Gasteiger partial charge on any atom is -0.493 e. The molecule has 5 heteroatoms. The number of nitrogens with zero attached hydrogens (tertiary/aromatic N) is 3. The molecule has 0 unspecified atom stereocenters. The zero-order valence-electron chi connectivity index (χ0n) is 11.1. The van der Waals surface area contributed by atoms with Gasteiger partial charge in [0.25, 0.3) is 0 Å². The number of rotatable bonds is 1. The minimum absolute atomic E-state index is 0.368. The fourth-order valence-electron chi connectivity index (χ4n) is 2.35. The molecule has 0 radical (unpaired) electrons. The van der Waals surface area contributed by atoms with Crippen molar-refractivity contribution in [1.82, 2.24) is 9.55 Å². The van der Waals surface area contributed by atoms with Gasteiger partial charge in [0.15, 0.2) is 0 Å². The first kappa shape index (κ1) is 12.4. The third-order valence-corrected chi connectivity index (χ3v) is 3.39. The van der Waals surface area contributed by atoms with Crippen molar-refractivity contribution in [2.24, 2.45) is 7.05 Å². The predicted molar refractivity (Wildman–Crippen MR) is 73.4 cm³/mol. The Kier molecular flexibility index (Phi) is 2.99. The SMILES string of the molecule is Cn1cc(C#N)c(-c2ccc3c(c2)CCCO3)nc1=O. The van der Waals surface area contributed by atoms with Gasteiger partial charge in [0.2, 0.25) is 0 Å². The molecule has 5 nitrogen and oxygen atoms in total. The average molecular weight is 267 g/mol. The number of fused-ring (bicyclic) bond motifs is 1. The van der Waals surface area contributed by atoms with Crippen molar-refractivity contribution in [3.05, 3.63) is 46.0 Å². The molecule has 20 heavy (non-hydrogen) atoms. The molecule has 0 amide bonds. The number of nitriles is 1. The van der Waals surface area contributed by atoms with Crippen molar-refractivity contribution >= 4 is 0 Å². The molecule has 1 aromatic heterocycles. The molecule has 0 saturated carbocycles. The molecular weight excluding hydrogens is 254 g/mol. The van der Waals surface area contributed by atoms with Crippen LogP contribution in [0, 0.1) is 11.3 Å². The first-order valence-electron chi connectivity index (χ1n) is 6.43. The van der Waals surface area contributed by atoms with Gasteiger partial charge in [0.1, 0.15) is 11.8 Å². The molecule has 1 aliphatic rings. The van der Waals surface area contributed by atoms with Crippen molar-refractivity contribution in [2.75, 3.05) is 6.61 Å². The lowest BCUT2D eigenvalue weighted by Gasteiger charge is -2.17. The Morgan fingerprint density at radius 3 is 3.10 bits per heavy atom. The van der Waals surface area contributed by atoms with Crippen molar-refractivity contribution in [1.29, 1.82) is 5.26 Å². The van der Waals surface area contributed by atoms with E-state index in [4.69, 9.17) is 4.74 Å². The lowest BCUT2D eigenvalue weighted by molar-refractivity contribution is 0.288. The van der Waals surface area contributed by atoms with Gasteiger partial charge in [-0.25, -0.2) is 4.79 Å². The highest BCUT2D eigenvalue weighted by Crippen LogP contribution is 2.30. The van der Waals surface area contributed by atoms with Gasteiger partial charge in [-0.1, -0.05) is 0 Å². The van der Waals surface area contributed by atoms with Gasteiger partial charge in [0.05, 0.1) is 17.9 Å². The number of aromatic nitrogens is 2. The van der Waals surface area contributed by atoms with Gasteiger partial charge in [-0.3, -0.25) is 0 Å². The van der Waals surface area contributed by atoms with E-state index in [9.17, 15) is 10.1 Å². The van der Waals surface area contributed by atoms with E-state index >= 15 is 0 Å². The maximum atomic E-state index is 11.7. The maximum absolute atomic E-state index is 11.7. The molecular formula is C15H13N3O2. The summed E-state index contributed by atoms with van der Waals surface area (Å²) in [5.41, 5.74) is 2.34. The van der Waals surface area contributed by atoms with Gasteiger partial charge in [-0.05, 0) is 36.6 Å². The van der Waals surface area contributed by atoms with Crippen LogP contribution in [0.25, 0.3) is 11.3 Å². The predicted octanol–water partition coefficient (Wildman–Crippen LogP) is 1.64. The summed E-state index contributed by atoms with van der Waals surface area (Å²) in [5, 5.41) is 9.20. The summed E-state index contributed by atoms with van der Waals surface area (Å²) in [5.74, 6) is 0.877. The van der Waals surface area contributed by atoms with Gasteiger partial charge in [0, 0.05) is 18.8 Å². The Labute approximate surface area is 116 Å². The Balaban J connectivity index is 2.16. The number of aryl methyl sites for hydroxylation is 2. The molecule has 0 aliphatic carbocycles. The van der Waals surface area contributed by atoms with E-state index in [0.717, 1.165) is 36.3 Å². The largest absolute Gasteiger partial charge is 0.493 e. The summed E-state index contributed by atoms with van der Waals surface area (Å²) < 4.78 is 6.87. The van der Waals surface area contributed by atoms with Crippen LogP contribution in [0.5, 0.6) is 5.75 Å². The third-order valence-electron chi connectivity index (χ3n) is 3.39. The van der Waals surface area contributed by atoms with Crippen molar-refractivity contribution in [3.8, 4) is 23.1 Å². The summed E-state index contributed by atoms with van der Waals surface area (Å²) in [4.78, 5) is 15.7. The topological polar surface area (TPSA) is 67.9 Å². The van der Waals surface area contributed by atoms with Gasteiger partial charge in [-0.2, -0.15) is 10.2 Å². The molecule has 2 heterocycles. The molecule has 0 spiro atoms. The van der Waals surface area contributed by atoms with Crippen LogP contribution in [-0.4, -0.2) is 16.2 Å². The van der Waals surface area contributed by atoms with Crippen molar-refractivity contribution in [2.45, 2.75) is 12.8 Å². The highest BCUT2D eigenvalue weighted by atomic mass is 16.5. The molecule has 0 saturated heterocycles. The molecule has 2 aromatic rings. The quantitative estimate of drug-likeness (QED) is 0.787. The second-order valence-electron chi connectivity index (χ2n) is 4.78. The standard InChI is InChI=1S/C15H13N3O2/c1-18-9-12(8-16)14(17-15(18)19)11-4-5-13-10(7-11)3-2-6-20-13/h4-5,7,9H,2-3,6H2,1H3. The van der Waals surface area contributed by atoms with E-state index in [1.54, 1.807) is 7.05 Å². The summed E-state index contributed by atoms with van der Waals surface area (Å²) in [6.07, 6.45) is 3.43. The monoisotopic (exact) mass is 267 g/mol. The van der Waals surface area contributed by atoms with Gasteiger partial charge < -0.3 is 9.30 Å². The highest BCUT2D eigenvalue weighted by Gasteiger charge is 2.14. The zero-order valence-corrected chi connectivity index (χ0v) is 11.1. The Bertz CT molecular complexity index is 772. The normalized spacial score (nSPS) is 13.2. The van der Waals surface area contributed by atoms with Crippen LogP contribution in [0.2, 0.25) is 0 Å². The molecule has 0 atom stereocenters. The Morgan fingerprint density at radius 1 is 1.45 bits per heavy atom. The van der Waals surface area contributed by atoms with Crippen LogP contribution >= 0.6 is 0 Å². The van der Waals surface area contributed by atoms with Crippen molar-refractivity contribution < 1.29 is 4.74 Å². The number of hydrogen-bond donors (Lipinski definition) is 0. The lowest BCUT2D eigenvalue weighted by atomic mass is 10.00. The van der Waals surface area contributed by atoms with Crippen LogP contribution in [-0.2, 0) is 13.5 Å². The fraction of sp³-hybridized carbons (Fsp3) is 0.267. The Morgan fingerprint density at radius 2 is 2.30 bits per heavy atom. The second kappa shape index (κ2) is 4.82. The van der Waals surface area contributed by atoms with E-state index in [-0.39, 0.29) is 5.69 Å². The average Bonchev–Trinajstić information content (AvgIpc) is 2.49. The minimum atomic E-state index is -0.368. The maximum Gasteiger partial charge on any atom is 0.347 e. The van der Waals surface area contributed by atoms with Crippen LogP contribution in [0.15, 0.2) is 29.2 Å².